The number of nitrogens with zero attached hydrogens (tertiary/aromatic N) is 1. The van der Waals surface area contributed by atoms with Gasteiger partial charge >= 0.3 is 19.8 Å². The molecular weight excluding hydrogens is 1210 g/mol. The van der Waals surface area contributed by atoms with E-state index in [4.69, 9.17) is 18.5 Å². The number of carbonyl (C=O) groups is 2. The molecule has 0 aromatic rings. The molecular formula is C86H147NO8P+. The van der Waals surface area contributed by atoms with Gasteiger partial charge in [-0.15, -0.1) is 0 Å². The van der Waals surface area contributed by atoms with E-state index >= 15 is 0 Å². The number of hydrogen-bond acceptors (Lipinski definition) is 7. The van der Waals surface area contributed by atoms with Gasteiger partial charge in [0, 0.05) is 12.8 Å². The highest BCUT2D eigenvalue weighted by molar-refractivity contribution is 7.47. The third-order valence-corrected chi connectivity index (χ3v) is 17.5. The van der Waals surface area contributed by atoms with Crippen LogP contribution < -0.4 is 0 Å². The standard InChI is InChI=1S/C86H146NO8P/c1-6-8-10-12-14-16-18-20-22-24-26-28-30-32-34-36-38-40-41-42-43-44-45-47-48-50-52-54-56-58-60-62-64-66-68-70-72-74-76-78-85(88)92-82-84(83-94-96(90,91)93-81-80-87(3,4)5)95-86(89)79-77-75-73-71-69-67-65-63-61-59-57-55-53-51-49-46-39-37-35-33-31-29-27-25-23-21-19-17-15-13-11-9-7-2/h8-11,14-17,20-23,26-29,32-35,38-40,46,51,53,84H,6-7,12-13,18-19,24-25,30-31,36-37,41-45,47-50,52,54-83H2,1-5H3/p+1/b10-8-,11-9-,16-14-,17-15-,22-20-,23-21-,28-26-,29-27-,34-32-,35-33-,40-38-,46-39-,53-51-. The summed E-state index contributed by atoms with van der Waals surface area (Å²) < 4.78 is 34.8. The molecule has 9 nitrogen and oxygen atoms in total. The molecule has 0 aromatic carbocycles. The van der Waals surface area contributed by atoms with Gasteiger partial charge in [0.25, 0.3) is 0 Å². The number of quaternary nitrogens is 1. The molecule has 0 spiro atoms. The first-order valence-corrected chi connectivity index (χ1v) is 40.7. The third kappa shape index (κ3) is 78.6. The van der Waals surface area contributed by atoms with Gasteiger partial charge in [-0.25, -0.2) is 4.57 Å². The molecule has 2 unspecified atom stereocenters. The van der Waals surface area contributed by atoms with Gasteiger partial charge in [0.1, 0.15) is 19.8 Å². The van der Waals surface area contributed by atoms with E-state index < -0.39 is 26.5 Å². The lowest BCUT2D eigenvalue weighted by atomic mass is 10.0. The van der Waals surface area contributed by atoms with Crippen molar-refractivity contribution in [3.8, 4) is 0 Å². The van der Waals surface area contributed by atoms with Crippen molar-refractivity contribution in [2.45, 2.75) is 328 Å². The minimum Gasteiger partial charge on any atom is -0.462 e. The van der Waals surface area contributed by atoms with E-state index in [-0.39, 0.29) is 32.0 Å². The summed E-state index contributed by atoms with van der Waals surface area (Å²) in [5.74, 6) is -0.797. The molecule has 0 aliphatic rings. The van der Waals surface area contributed by atoms with E-state index in [0.29, 0.717) is 17.4 Å². The molecule has 0 amide bonds. The maximum Gasteiger partial charge on any atom is 0.472 e. The zero-order chi connectivity index (χ0) is 69.7. The molecule has 0 aliphatic heterocycles. The summed E-state index contributed by atoms with van der Waals surface area (Å²) in [6.07, 6.45) is 112. The SMILES string of the molecule is CC/C=C\C/C=C\C/C=C\C/C=C\C/C=C\C/C=C\C/C=C\CCCCCCCCCCCCCC(=O)OC(COC(=O)CCCCCCCCCCCCCCCCCCCCCC/C=C\C/C=C\C/C=C\C/C=C\C/C=C\C/C=C\CC)COP(=O)(O)OCC[N+](C)(C)C. The maximum absolute atomic E-state index is 12.9. The molecule has 0 aromatic heterocycles. The lowest BCUT2D eigenvalue weighted by Crippen LogP contribution is -2.37. The Morgan fingerprint density at radius 3 is 0.833 bits per heavy atom. The molecule has 0 radical (unpaired) electrons. The number of rotatable bonds is 71. The first kappa shape index (κ1) is 91.6. The minimum absolute atomic E-state index is 0.0261. The van der Waals surface area contributed by atoms with Crippen molar-refractivity contribution in [3.05, 3.63) is 158 Å². The Bertz CT molecular complexity index is 2180. The summed E-state index contributed by atoms with van der Waals surface area (Å²) in [6, 6.07) is 0. The number of unbranched alkanes of at least 4 members (excludes halogenated alkanes) is 31. The predicted octanol–water partition coefficient (Wildman–Crippen LogP) is 26.3. The predicted molar refractivity (Wildman–Crippen MR) is 417 cm³/mol. The fraction of sp³-hybridized carbons (Fsp3) is 0.674. The second kappa shape index (κ2) is 74.8. The van der Waals surface area contributed by atoms with Crippen molar-refractivity contribution in [3.63, 3.8) is 0 Å². The van der Waals surface area contributed by atoms with Gasteiger partial charge in [0.15, 0.2) is 6.10 Å². The summed E-state index contributed by atoms with van der Waals surface area (Å²) in [5, 5.41) is 0. The van der Waals surface area contributed by atoms with E-state index in [1.807, 2.05) is 21.1 Å². The number of likely N-dealkylation sites (N-methyl/N-ethyl adjacent to an activating group) is 1. The smallest absolute Gasteiger partial charge is 0.462 e. The van der Waals surface area contributed by atoms with Crippen LogP contribution in [0.5, 0.6) is 0 Å². The van der Waals surface area contributed by atoms with Crippen molar-refractivity contribution in [2.24, 2.45) is 0 Å². The fourth-order valence-corrected chi connectivity index (χ4v) is 11.4. The molecule has 0 aliphatic carbocycles. The van der Waals surface area contributed by atoms with Crippen LogP contribution in [0.2, 0.25) is 0 Å². The fourth-order valence-electron chi connectivity index (χ4n) is 10.6. The van der Waals surface area contributed by atoms with Crippen molar-refractivity contribution >= 4 is 19.8 Å². The Morgan fingerprint density at radius 2 is 0.562 bits per heavy atom. The van der Waals surface area contributed by atoms with Gasteiger partial charge in [-0.05, 0) is 122 Å². The van der Waals surface area contributed by atoms with Crippen molar-refractivity contribution < 1.29 is 42.1 Å². The minimum atomic E-state index is -4.40. The summed E-state index contributed by atoms with van der Waals surface area (Å²) >= 11 is 0. The Morgan fingerprint density at radius 1 is 0.323 bits per heavy atom. The number of phosphoric ester groups is 1. The molecule has 0 bridgehead atoms. The number of allylic oxidation sites excluding steroid dienone is 26. The summed E-state index contributed by atoms with van der Waals surface area (Å²) in [7, 11) is 1.47. The molecule has 10 heteroatoms. The van der Waals surface area contributed by atoms with Crippen LogP contribution in [0.4, 0.5) is 0 Å². The number of ether oxygens (including phenoxy) is 2. The van der Waals surface area contributed by atoms with Crippen molar-refractivity contribution in [1.82, 2.24) is 0 Å². The first-order valence-electron chi connectivity index (χ1n) is 39.2. The number of phosphoric acid groups is 1. The highest BCUT2D eigenvalue weighted by Gasteiger charge is 2.27. The summed E-state index contributed by atoms with van der Waals surface area (Å²) in [4.78, 5) is 36.0. The Balaban J connectivity index is 4.00. The molecule has 0 fully saturated rings. The second-order valence-electron chi connectivity index (χ2n) is 27.0. The molecule has 2 atom stereocenters. The molecule has 0 rings (SSSR count). The van der Waals surface area contributed by atoms with Gasteiger partial charge in [-0.1, -0.05) is 345 Å². The van der Waals surface area contributed by atoms with Gasteiger partial charge in [-0.3, -0.25) is 18.6 Å². The Labute approximate surface area is 592 Å². The largest absolute Gasteiger partial charge is 0.472 e. The van der Waals surface area contributed by atoms with E-state index in [2.05, 4.69) is 172 Å². The lowest BCUT2D eigenvalue weighted by Gasteiger charge is -2.24. The Kier molecular flexibility index (Phi) is 71.4. The average Bonchev–Trinajstić information content (AvgIpc) is 1.48. The molecule has 0 saturated heterocycles. The third-order valence-electron chi connectivity index (χ3n) is 16.6. The van der Waals surface area contributed by atoms with Gasteiger partial charge in [-0.2, -0.15) is 0 Å². The zero-order valence-electron chi connectivity index (χ0n) is 62.6. The van der Waals surface area contributed by atoms with E-state index in [0.717, 1.165) is 128 Å². The van der Waals surface area contributed by atoms with E-state index in [9.17, 15) is 19.0 Å². The highest BCUT2D eigenvalue weighted by Crippen LogP contribution is 2.43. The molecule has 96 heavy (non-hydrogen) atoms. The molecule has 548 valence electrons. The van der Waals surface area contributed by atoms with Gasteiger partial charge < -0.3 is 18.9 Å². The number of carbonyl (C=O) groups excluding carboxylic acids is 2. The monoisotopic (exact) mass is 1350 g/mol. The number of esters is 2. The molecule has 0 saturated carbocycles. The molecule has 0 heterocycles. The van der Waals surface area contributed by atoms with Gasteiger partial charge in [0.2, 0.25) is 0 Å². The lowest BCUT2D eigenvalue weighted by molar-refractivity contribution is -0.870. The van der Waals surface area contributed by atoms with E-state index in [1.165, 1.54) is 161 Å². The normalized spacial score (nSPS) is 13.9. The first-order chi connectivity index (χ1) is 47.0. The summed E-state index contributed by atoms with van der Waals surface area (Å²) in [6.45, 7) is 4.22. The van der Waals surface area contributed by atoms with Crippen molar-refractivity contribution in [2.75, 3.05) is 47.5 Å². The van der Waals surface area contributed by atoms with Crippen LogP contribution in [0.25, 0.3) is 0 Å². The van der Waals surface area contributed by atoms with Crippen LogP contribution in [-0.4, -0.2) is 74.9 Å². The number of hydrogen-bond donors (Lipinski definition) is 1. The van der Waals surface area contributed by atoms with Crippen LogP contribution in [0, 0.1) is 0 Å². The van der Waals surface area contributed by atoms with Crippen LogP contribution in [0.1, 0.15) is 322 Å². The second-order valence-corrected chi connectivity index (χ2v) is 28.4. The van der Waals surface area contributed by atoms with Crippen LogP contribution in [-0.2, 0) is 32.7 Å². The van der Waals surface area contributed by atoms with Gasteiger partial charge in [0.05, 0.1) is 27.7 Å². The van der Waals surface area contributed by atoms with Crippen LogP contribution >= 0.6 is 7.82 Å². The Hall–Kier alpha value is -4.37. The molecule has 1 N–H and O–H groups in total. The zero-order valence-corrected chi connectivity index (χ0v) is 63.5. The quantitative estimate of drug-likeness (QED) is 0.0211. The van der Waals surface area contributed by atoms with Crippen molar-refractivity contribution in [1.29, 1.82) is 0 Å². The summed E-state index contributed by atoms with van der Waals surface area (Å²) in [5.41, 5.74) is 0. The van der Waals surface area contributed by atoms with Crippen LogP contribution in [0.15, 0.2) is 158 Å². The topological polar surface area (TPSA) is 108 Å². The van der Waals surface area contributed by atoms with Crippen LogP contribution in [0.3, 0.4) is 0 Å². The van der Waals surface area contributed by atoms with E-state index in [1.54, 1.807) is 0 Å². The maximum atomic E-state index is 12.9. The highest BCUT2D eigenvalue weighted by atomic mass is 31.2. The average molecular weight is 1350 g/mol.